The third-order valence-electron chi connectivity index (χ3n) is 3.43. The summed E-state index contributed by atoms with van der Waals surface area (Å²) in [5, 5.41) is 24.3. The van der Waals surface area contributed by atoms with Crippen molar-refractivity contribution < 1.29 is 29.4 Å². The molecule has 0 radical (unpaired) electrons. The zero-order valence-electron chi connectivity index (χ0n) is 16.7. The molecule has 164 valence electrons. The molecule has 0 aliphatic heterocycles. The number of rotatable bonds is 14. The zero-order valence-corrected chi connectivity index (χ0v) is 18.1. The Morgan fingerprint density at radius 1 is 0.690 bits per heavy atom. The molecule has 0 aromatic rings. The SMILES string of the molecule is NCCCC[C@H](N)C(=O)NCC(=O)[O-].NCCCC[C@H](N)C(=O)NCC(=O)[O-].[Mg+2]. The van der Waals surface area contributed by atoms with Crippen LogP contribution in [0.25, 0.3) is 0 Å². The van der Waals surface area contributed by atoms with Gasteiger partial charge in [-0.2, -0.15) is 0 Å². The number of nitrogens with two attached hydrogens (primary N) is 4. The molecule has 0 saturated heterocycles. The van der Waals surface area contributed by atoms with Gasteiger partial charge in [-0.3, -0.25) is 9.59 Å². The second-order valence-corrected chi connectivity index (χ2v) is 5.96. The second kappa shape index (κ2) is 21.2. The number of nitrogens with one attached hydrogen (secondary N) is 2. The molecule has 13 heteroatoms. The van der Waals surface area contributed by atoms with Crippen LogP contribution in [0.3, 0.4) is 0 Å². The van der Waals surface area contributed by atoms with Crippen LogP contribution in [0.4, 0.5) is 0 Å². The van der Waals surface area contributed by atoms with Crippen molar-refractivity contribution in [3.05, 3.63) is 0 Å². The summed E-state index contributed by atoms with van der Waals surface area (Å²) in [4.78, 5) is 42.2. The van der Waals surface area contributed by atoms with Crippen molar-refractivity contribution in [3.8, 4) is 0 Å². The topological polar surface area (TPSA) is 243 Å². The number of carbonyl (C=O) groups is 4. The third kappa shape index (κ3) is 22.6. The third-order valence-corrected chi connectivity index (χ3v) is 3.43. The van der Waals surface area contributed by atoms with Gasteiger partial charge in [0.2, 0.25) is 11.8 Å². The summed E-state index contributed by atoms with van der Waals surface area (Å²) in [7, 11) is 0. The summed E-state index contributed by atoms with van der Waals surface area (Å²) in [5.41, 5.74) is 21.5. The molecule has 0 heterocycles. The van der Waals surface area contributed by atoms with Crippen LogP contribution in [0, 0.1) is 0 Å². The summed E-state index contributed by atoms with van der Waals surface area (Å²) in [6.07, 6.45) is 4.15. The smallest absolute Gasteiger partial charge is 0.548 e. The van der Waals surface area contributed by atoms with Crippen LogP contribution in [-0.2, 0) is 19.2 Å². The Morgan fingerprint density at radius 2 is 1.00 bits per heavy atom. The van der Waals surface area contributed by atoms with Crippen molar-refractivity contribution in [2.75, 3.05) is 26.2 Å². The van der Waals surface area contributed by atoms with Gasteiger partial charge in [-0.05, 0) is 38.8 Å². The Morgan fingerprint density at radius 3 is 1.24 bits per heavy atom. The van der Waals surface area contributed by atoms with Gasteiger partial charge in [0.25, 0.3) is 0 Å². The maximum atomic E-state index is 11.1. The molecule has 2 atom stereocenters. The van der Waals surface area contributed by atoms with Crippen molar-refractivity contribution in [1.82, 2.24) is 10.6 Å². The fourth-order valence-electron chi connectivity index (χ4n) is 1.86. The van der Waals surface area contributed by atoms with Crippen LogP contribution in [0.1, 0.15) is 38.5 Å². The minimum absolute atomic E-state index is 0. The van der Waals surface area contributed by atoms with Gasteiger partial charge in [0.1, 0.15) is 0 Å². The number of carbonyl (C=O) groups excluding carboxylic acids is 4. The first kappa shape index (κ1) is 32.2. The molecule has 0 spiro atoms. The predicted octanol–water partition coefficient (Wildman–Crippen LogP) is -5.76. The Balaban J connectivity index is -0.000000451. The molecule has 10 N–H and O–H groups in total. The number of carboxylic acids is 2. The molecule has 12 nitrogen and oxygen atoms in total. The van der Waals surface area contributed by atoms with Gasteiger partial charge in [0.05, 0.1) is 37.1 Å². The summed E-state index contributed by atoms with van der Waals surface area (Å²) in [6, 6.07) is -1.33. The average molecular weight is 429 g/mol. The predicted molar refractivity (Wildman–Crippen MR) is 104 cm³/mol. The van der Waals surface area contributed by atoms with E-state index in [0.717, 1.165) is 25.7 Å². The van der Waals surface area contributed by atoms with Crippen LogP contribution >= 0.6 is 0 Å². The van der Waals surface area contributed by atoms with Gasteiger partial charge in [0.15, 0.2) is 0 Å². The van der Waals surface area contributed by atoms with E-state index in [2.05, 4.69) is 10.6 Å². The van der Waals surface area contributed by atoms with Gasteiger partial charge >= 0.3 is 23.1 Å². The first-order valence-corrected chi connectivity index (χ1v) is 9.02. The summed E-state index contributed by atoms with van der Waals surface area (Å²) in [6.45, 7) is 0.133. The van der Waals surface area contributed by atoms with Gasteiger partial charge in [-0.15, -0.1) is 0 Å². The summed E-state index contributed by atoms with van der Waals surface area (Å²) in [5.74, 6) is -3.59. The molecular weight excluding hydrogens is 397 g/mol. The van der Waals surface area contributed by atoms with Gasteiger partial charge in [-0.1, -0.05) is 12.8 Å². The van der Waals surface area contributed by atoms with Crippen LogP contribution in [0.15, 0.2) is 0 Å². The molecule has 0 aliphatic carbocycles. The van der Waals surface area contributed by atoms with E-state index in [4.69, 9.17) is 22.9 Å². The van der Waals surface area contributed by atoms with Crippen molar-refractivity contribution in [3.63, 3.8) is 0 Å². The van der Waals surface area contributed by atoms with Gasteiger partial charge in [0, 0.05) is 0 Å². The molecule has 0 bridgehead atoms. The number of hydrogen-bond acceptors (Lipinski definition) is 10. The Kier molecular flexibility index (Phi) is 23.5. The number of amides is 2. The summed E-state index contributed by atoms with van der Waals surface area (Å²) >= 11 is 0. The standard InChI is InChI=1S/2C8H17N3O3.Mg/c2*9-4-2-1-3-6(10)8(14)11-5-7(12)13;/h2*6H,1-5,9-10H2,(H,11,14)(H,12,13);/q;;+2/p-2/t2*6-;/m00./s1. The van der Waals surface area contributed by atoms with Crippen molar-refractivity contribution >= 4 is 46.8 Å². The van der Waals surface area contributed by atoms with Crippen LogP contribution in [-0.4, -0.2) is 85.1 Å². The molecule has 0 saturated carbocycles. The van der Waals surface area contributed by atoms with E-state index in [0.29, 0.717) is 25.9 Å². The summed E-state index contributed by atoms with van der Waals surface area (Å²) < 4.78 is 0. The van der Waals surface area contributed by atoms with Crippen LogP contribution in [0.2, 0.25) is 0 Å². The van der Waals surface area contributed by atoms with Gasteiger partial charge in [-0.25, -0.2) is 0 Å². The number of aliphatic carboxylic acids is 2. The van der Waals surface area contributed by atoms with Crippen LogP contribution in [0.5, 0.6) is 0 Å². The number of unbranched alkanes of at least 4 members (excludes halogenated alkanes) is 2. The van der Waals surface area contributed by atoms with Crippen molar-refractivity contribution in [1.29, 1.82) is 0 Å². The van der Waals surface area contributed by atoms with E-state index < -0.39 is 48.9 Å². The molecular formula is C16H32MgN6O6. The Bertz CT molecular complexity index is 441. The molecule has 0 aliphatic rings. The van der Waals surface area contributed by atoms with Crippen molar-refractivity contribution in [2.24, 2.45) is 22.9 Å². The largest absolute Gasteiger partial charge is 2.00 e. The maximum absolute atomic E-state index is 11.1. The van der Waals surface area contributed by atoms with E-state index in [1.165, 1.54) is 0 Å². The Hall–Kier alpha value is -1.51. The van der Waals surface area contributed by atoms with E-state index in [-0.39, 0.29) is 23.1 Å². The fraction of sp³-hybridized carbons (Fsp3) is 0.750. The molecule has 0 aromatic heterocycles. The first-order valence-electron chi connectivity index (χ1n) is 9.02. The molecule has 0 unspecified atom stereocenters. The van der Waals surface area contributed by atoms with Gasteiger partial charge < -0.3 is 53.4 Å². The monoisotopic (exact) mass is 428 g/mol. The minimum atomic E-state index is -1.33. The van der Waals surface area contributed by atoms with E-state index in [1.54, 1.807) is 0 Å². The molecule has 0 rings (SSSR count). The van der Waals surface area contributed by atoms with Crippen molar-refractivity contribution in [2.45, 2.75) is 50.6 Å². The fourth-order valence-corrected chi connectivity index (χ4v) is 1.86. The normalized spacial score (nSPS) is 11.7. The number of hydrogen-bond donors (Lipinski definition) is 6. The molecule has 29 heavy (non-hydrogen) atoms. The Labute approximate surface area is 186 Å². The van der Waals surface area contributed by atoms with Crippen LogP contribution < -0.4 is 43.8 Å². The first-order chi connectivity index (χ1) is 13.1. The van der Waals surface area contributed by atoms with E-state index >= 15 is 0 Å². The number of carboxylic acid groups (broad SMARTS) is 2. The quantitative estimate of drug-likeness (QED) is 0.113. The zero-order chi connectivity index (χ0) is 21.9. The molecule has 0 aromatic carbocycles. The van der Waals surface area contributed by atoms with E-state index in [1.807, 2.05) is 0 Å². The second-order valence-electron chi connectivity index (χ2n) is 5.96. The minimum Gasteiger partial charge on any atom is -0.548 e. The average Bonchev–Trinajstić information content (AvgIpc) is 2.64. The maximum Gasteiger partial charge on any atom is 2.00 e. The molecule has 2 amide bonds. The molecule has 0 fully saturated rings. The van der Waals surface area contributed by atoms with E-state index in [9.17, 15) is 29.4 Å².